The Balaban J connectivity index is 2.64. The van der Waals surface area contributed by atoms with Gasteiger partial charge in [-0.2, -0.15) is 0 Å². The fourth-order valence-electron chi connectivity index (χ4n) is 2.32. The second-order valence-corrected chi connectivity index (χ2v) is 4.81. The molecule has 0 amide bonds. The van der Waals surface area contributed by atoms with Crippen LogP contribution >= 0.6 is 0 Å². The second-order valence-electron chi connectivity index (χ2n) is 4.81. The van der Waals surface area contributed by atoms with Gasteiger partial charge in [0.1, 0.15) is 17.5 Å². The van der Waals surface area contributed by atoms with Crippen molar-refractivity contribution in [2.75, 3.05) is 7.05 Å². The molecule has 0 radical (unpaired) electrons. The molecule has 0 bridgehead atoms. The van der Waals surface area contributed by atoms with Crippen LogP contribution in [0.5, 0.6) is 0 Å². The van der Waals surface area contributed by atoms with Gasteiger partial charge in [0.25, 0.3) is 0 Å². The Morgan fingerprint density at radius 1 is 0.950 bits per heavy atom. The summed E-state index contributed by atoms with van der Waals surface area (Å²) in [7, 11) is 1.59. The van der Waals surface area contributed by atoms with Gasteiger partial charge < -0.3 is 5.32 Å². The van der Waals surface area contributed by atoms with E-state index in [1.54, 1.807) is 27.0 Å². The van der Waals surface area contributed by atoms with Crippen LogP contribution in [-0.4, -0.2) is 7.05 Å². The molecule has 1 atom stereocenters. The lowest BCUT2D eigenvalue weighted by Gasteiger charge is -2.21. The summed E-state index contributed by atoms with van der Waals surface area (Å²) in [5.74, 6) is -1.68. The number of halogens is 3. The minimum Gasteiger partial charge on any atom is -0.309 e. The maximum absolute atomic E-state index is 14.2. The predicted molar refractivity (Wildman–Crippen MR) is 73.1 cm³/mol. The highest BCUT2D eigenvalue weighted by Crippen LogP contribution is 2.30. The Morgan fingerprint density at radius 2 is 1.60 bits per heavy atom. The SMILES string of the molecule is CNC(c1cc(F)ccc1C)c1c(F)ccc(C)c1F. The minimum atomic E-state index is -0.731. The van der Waals surface area contributed by atoms with Crippen LogP contribution in [-0.2, 0) is 0 Å². The number of rotatable bonds is 3. The maximum atomic E-state index is 14.2. The quantitative estimate of drug-likeness (QED) is 0.894. The molecule has 1 nitrogen and oxygen atoms in total. The highest BCUT2D eigenvalue weighted by atomic mass is 19.1. The summed E-state index contributed by atoms with van der Waals surface area (Å²) in [6.07, 6.45) is 0. The van der Waals surface area contributed by atoms with E-state index >= 15 is 0 Å². The molecule has 1 unspecified atom stereocenters. The first-order valence-corrected chi connectivity index (χ1v) is 6.33. The Bertz CT molecular complexity index is 638. The predicted octanol–water partition coefficient (Wildman–Crippen LogP) is 4.03. The minimum absolute atomic E-state index is 0.0822. The summed E-state index contributed by atoms with van der Waals surface area (Å²) < 4.78 is 41.7. The zero-order valence-corrected chi connectivity index (χ0v) is 11.6. The van der Waals surface area contributed by atoms with E-state index in [4.69, 9.17) is 0 Å². The smallest absolute Gasteiger partial charge is 0.134 e. The van der Waals surface area contributed by atoms with Crippen molar-refractivity contribution in [1.29, 1.82) is 0 Å². The van der Waals surface area contributed by atoms with Gasteiger partial charge in [0, 0.05) is 5.56 Å². The summed E-state index contributed by atoms with van der Waals surface area (Å²) in [5, 5.41) is 2.86. The first-order valence-electron chi connectivity index (χ1n) is 6.33. The van der Waals surface area contributed by atoms with Crippen LogP contribution in [0.2, 0.25) is 0 Å². The molecule has 4 heteroatoms. The number of hydrogen-bond donors (Lipinski definition) is 1. The third kappa shape index (κ3) is 2.56. The largest absolute Gasteiger partial charge is 0.309 e. The van der Waals surface area contributed by atoms with E-state index in [0.29, 0.717) is 11.1 Å². The monoisotopic (exact) mass is 279 g/mol. The molecular weight excluding hydrogens is 263 g/mol. The number of hydrogen-bond acceptors (Lipinski definition) is 1. The third-order valence-electron chi connectivity index (χ3n) is 3.45. The van der Waals surface area contributed by atoms with Gasteiger partial charge >= 0.3 is 0 Å². The van der Waals surface area contributed by atoms with Crippen molar-refractivity contribution in [3.8, 4) is 0 Å². The van der Waals surface area contributed by atoms with E-state index in [-0.39, 0.29) is 5.56 Å². The Hall–Kier alpha value is -1.81. The van der Waals surface area contributed by atoms with E-state index in [2.05, 4.69) is 5.32 Å². The van der Waals surface area contributed by atoms with Gasteiger partial charge in [-0.25, -0.2) is 13.2 Å². The Labute approximate surface area is 116 Å². The van der Waals surface area contributed by atoms with E-state index in [0.717, 1.165) is 5.56 Å². The molecule has 0 saturated carbocycles. The molecule has 0 aliphatic heterocycles. The molecule has 1 N–H and O–H groups in total. The molecule has 0 fully saturated rings. The van der Waals surface area contributed by atoms with Crippen molar-refractivity contribution in [2.45, 2.75) is 19.9 Å². The second kappa shape index (κ2) is 5.67. The van der Waals surface area contributed by atoms with E-state index in [9.17, 15) is 13.2 Å². The lowest BCUT2D eigenvalue weighted by Crippen LogP contribution is -2.22. The van der Waals surface area contributed by atoms with Gasteiger partial charge in [0.15, 0.2) is 0 Å². The topological polar surface area (TPSA) is 12.0 Å². The molecule has 20 heavy (non-hydrogen) atoms. The van der Waals surface area contributed by atoms with Crippen LogP contribution in [0.15, 0.2) is 30.3 Å². The Kier molecular flexibility index (Phi) is 4.14. The molecule has 2 aromatic rings. The van der Waals surface area contributed by atoms with Crippen LogP contribution in [0.3, 0.4) is 0 Å². The zero-order chi connectivity index (χ0) is 14.9. The van der Waals surface area contributed by atoms with Crippen molar-refractivity contribution < 1.29 is 13.2 Å². The van der Waals surface area contributed by atoms with Crippen molar-refractivity contribution in [1.82, 2.24) is 5.32 Å². The van der Waals surface area contributed by atoms with Crippen molar-refractivity contribution in [3.05, 3.63) is 70.0 Å². The van der Waals surface area contributed by atoms with E-state index in [1.807, 2.05) is 0 Å². The Morgan fingerprint density at radius 3 is 2.25 bits per heavy atom. The van der Waals surface area contributed by atoms with E-state index in [1.165, 1.54) is 24.3 Å². The molecule has 0 aromatic heterocycles. The highest BCUT2D eigenvalue weighted by Gasteiger charge is 2.23. The van der Waals surface area contributed by atoms with Crippen molar-refractivity contribution in [2.24, 2.45) is 0 Å². The summed E-state index contributed by atoms with van der Waals surface area (Å²) in [6.45, 7) is 3.36. The van der Waals surface area contributed by atoms with Gasteiger partial charge in [0.2, 0.25) is 0 Å². The fourth-order valence-corrected chi connectivity index (χ4v) is 2.32. The molecular formula is C16H16F3N. The summed E-state index contributed by atoms with van der Waals surface area (Å²) in [5.41, 5.74) is 1.57. The number of benzene rings is 2. The normalized spacial score (nSPS) is 12.5. The van der Waals surface area contributed by atoms with Crippen molar-refractivity contribution >= 4 is 0 Å². The first kappa shape index (κ1) is 14.6. The third-order valence-corrected chi connectivity index (χ3v) is 3.45. The fraction of sp³-hybridized carbons (Fsp3) is 0.250. The molecule has 0 aliphatic carbocycles. The van der Waals surface area contributed by atoms with Crippen LogP contribution in [0.1, 0.15) is 28.3 Å². The summed E-state index contributed by atoms with van der Waals surface area (Å²) >= 11 is 0. The number of nitrogens with one attached hydrogen (secondary N) is 1. The van der Waals surface area contributed by atoms with Crippen LogP contribution in [0.25, 0.3) is 0 Å². The molecule has 2 rings (SSSR count). The van der Waals surface area contributed by atoms with Crippen LogP contribution in [0, 0.1) is 31.3 Å². The molecule has 106 valence electrons. The zero-order valence-electron chi connectivity index (χ0n) is 11.6. The van der Waals surface area contributed by atoms with Crippen LogP contribution < -0.4 is 5.32 Å². The van der Waals surface area contributed by atoms with Gasteiger partial charge in [-0.1, -0.05) is 12.1 Å². The van der Waals surface area contributed by atoms with E-state index < -0.39 is 23.5 Å². The first-order chi connectivity index (χ1) is 9.45. The average Bonchev–Trinajstić information content (AvgIpc) is 2.42. The average molecular weight is 279 g/mol. The highest BCUT2D eigenvalue weighted by molar-refractivity contribution is 5.40. The maximum Gasteiger partial charge on any atom is 0.134 e. The lowest BCUT2D eigenvalue weighted by atomic mass is 9.93. The summed E-state index contributed by atoms with van der Waals surface area (Å²) in [6, 6.07) is 6.12. The van der Waals surface area contributed by atoms with Crippen molar-refractivity contribution in [3.63, 3.8) is 0 Å². The molecule has 2 aromatic carbocycles. The molecule has 0 aliphatic rings. The van der Waals surface area contributed by atoms with Gasteiger partial charge in [-0.15, -0.1) is 0 Å². The van der Waals surface area contributed by atoms with Crippen LogP contribution in [0.4, 0.5) is 13.2 Å². The molecule has 0 heterocycles. The standard InChI is InChI=1S/C16H16F3N/c1-9-4-6-11(17)8-12(9)16(20-3)14-13(18)7-5-10(2)15(14)19/h4-8,16,20H,1-3H3. The van der Waals surface area contributed by atoms with Gasteiger partial charge in [-0.05, 0) is 55.8 Å². The van der Waals surface area contributed by atoms with Gasteiger partial charge in [-0.3, -0.25) is 0 Å². The van der Waals surface area contributed by atoms with Gasteiger partial charge in [0.05, 0.1) is 6.04 Å². The number of aryl methyl sites for hydroxylation is 2. The summed E-state index contributed by atoms with van der Waals surface area (Å²) in [4.78, 5) is 0. The molecule has 0 saturated heterocycles. The molecule has 0 spiro atoms. The lowest BCUT2D eigenvalue weighted by molar-refractivity contribution is 0.515.